The van der Waals surface area contributed by atoms with Gasteiger partial charge in [0.1, 0.15) is 11.5 Å². The molecule has 41 heavy (non-hydrogen) atoms. The summed E-state index contributed by atoms with van der Waals surface area (Å²) in [7, 11) is 0. The zero-order chi connectivity index (χ0) is 29.3. The molecule has 0 spiro atoms. The van der Waals surface area contributed by atoms with Crippen molar-refractivity contribution in [3.8, 4) is 22.6 Å². The lowest BCUT2D eigenvalue weighted by molar-refractivity contribution is 0.0319. The molecule has 0 aromatic heterocycles. The summed E-state index contributed by atoms with van der Waals surface area (Å²) in [6.45, 7) is 8.31. The second-order valence-electron chi connectivity index (χ2n) is 10.2. The Morgan fingerprint density at radius 3 is 1.83 bits per heavy atom. The third-order valence-electron chi connectivity index (χ3n) is 6.73. The Hall–Kier alpha value is -3.64. The van der Waals surface area contributed by atoms with Gasteiger partial charge >= 0.3 is 11.9 Å². The molecule has 6 heteroatoms. The molecule has 220 valence electrons. The molecule has 0 aliphatic carbocycles. The molecule has 3 aromatic carbocycles. The maximum Gasteiger partial charge on any atom is 0.343 e. The van der Waals surface area contributed by atoms with E-state index in [2.05, 4.69) is 13.8 Å². The molecule has 0 fully saturated rings. The van der Waals surface area contributed by atoms with E-state index in [1.54, 1.807) is 48.5 Å². The highest BCUT2D eigenvalue weighted by molar-refractivity contribution is 5.91. The van der Waals surface area contributed by atoms with Crippen molar-refractivity contribution in [2.45, 2.75) is 78.2 Å². The largest absolute Gasteiger partial charge is 0.494 e. The zero-order valence-electron chi connectivity index (χ0n) is 24.7. The van der Waals surface area contributed by atoms with Crippen molar-refractivity contribution >= 4 is 11.9 Å². The second kappa shape index (κ2) is 17.9. The van der Waals surface area contributed by atoms with E-state index >= 15 is 0 Å². The van der Waals surface area contributed by atoms with Crippen LogP contribution in [0.3, 0.4) is 0 Å². The molecule has 3 rings (SSSR count). The normalized spacial score (nSPS) is 11.6. The molecule has 6 nitrogen and oxygen atoms in total. The minimum Gasteiger partial charge on any atom is -0.494 e. The van der Waals surface area contributed by atoms with E-state index in [4.69, 9.17) is 18.9 Å². The van der Waals surface area contributed by atoms with Gasteiger partial charge in [0.05, 0.1) is 23.8 Å². The highest BCUT2D eigenvalue weighted by Gasteiger charge is 2.13. The molecule has 1 atom stereocenters. The number of esters is 2. The zero-order valence-corrected chi connectivity index (χ0v) is 24.7. The van der Waals surface area contributed by atoms with Gasteiger partial charge in [-0.25, -0.2) is 9.59 Å². The van der Waals surface area contributed by atoms with Crippen LogP contribution in [0.4, 0.5) is 0 Å². The summed E-state index contributed by atoms with van der Waals surface area (Å²) in [6, 6.07) is 21.6. The Bertz CT molecular complexity index is 1170. The molecular formula is C35H44O6. The van der Waals surface area contributed by atoms with E-state index in [9.17, 15) is 9.59 Å². The van der Waals surface area contributed by atoms with Gasteiger partial charge in [-0.05, 0) is 85.8 Å². The van der Waals surface area contributed by atoms with Crippen LogP contribution in [0.1, 0.15) is 92.9 Å². The van der Waals surface area contributed by atoms with Crippen molar-refractivity contribution < 1.29 is 28.5 Å². The fourth-order valence-electron chi connectivity index (χ4n) is 4.24. The Balaban J connectivity index is 1.44. The first-order valence-electron chi connectivity index (χ1n) is 14.9. The van der Waals surface area contributed by atoms with Gasteiger partial charge < -0.3 is 18.9 Å². The maximum absolute atomic E-state index is 12.6. The molecule has 1 unspecified atom stereocenters. The van der Waals surface area contributed by atoms with E-state index in [0.717, 1.165) is 49.8 Å². The van der Waals surface area contributed by atoms with Crippen molar-refractivity contribution in [3.63, 3.8) is 0 Å². The maximum atomic E-state index is 12.6. The summed E-state index contributed by atoms with van der Waals surface area (Å²) in [5, 5.41) is 0. The van der Waals surface area contributed by atoms with Crippen LogP contribution in [-0.2, 0) is 9.47 Å². The molecule has 0 heterocycles. The average molecular weight is 561 g/mol. The Kier molecular flexibility index (Phi) is 13.9. The van der Waals surface area contributed by atoms with Gasteiger partial charge in [-0.15, -0.1) is 0 Å². The van der Waals surface area contributed by atoms with Gasteiger partial charge in [0, 0.05) is 19.6 Å². The van der Waals surface area contributed by atoms with Crippen LogP contribution in [-0.4, -0.2) is 37.9 Å². The van der Waals surface area contributed by atoms with Crippen molar-refractivity contribution in [3.05, 3.63) is 83.9 Å². The number of carbonyl (C=O) groups is 2. The van der Waals surface area contributed by atoms with Gasteiger partial charge in [-0.2, -0.15) is 0 Å². The minimum absolute atomic E-state index is 0.0917. The molecule has 0 radical (unpaired) electrons. The number of hydrogen-bond donors (Lipinski definition) is 0. The Labute approximate surface area is 245 Å². The Morgan fingerprint density at radius 1 is 0.610 bits per heavy atom. The molecule has 0 aliphatic heterocycles. The highest BCUT2D eigenvalue weighted by Crippen LogP contribution is 2.24. The number of benzene rings is 3. The number of carbonyl (C=O) groups excluding carboxylic acids is 2. The third-order valence-corrected chi connectivity index (χ3v) is 6.73. The van der Waals surface area contributed by atoms with Crippen LogP contribution in [0, 0.1) is 0 Å². The molecule has 0 aliphatic rings. The van der Waals surface area contributed by atoms with Gasteiger partial charge in [0.15, 0.2) is 0 Å². The fourth-order valence-corrected chi connectivity index (χ4v) is 4.24. The second-order valence-corrected chi connectivity index (χ2v) is 10.2. The summed E-state index contributed by atoms with van der Waals surface area (Å²) in [5.74, 6) is 0.427. The van der Waals surface area contributed by atoms with Crippen LogP contribution in [0.5, 0.6) is 11.5 Å². The average Bonchev–Trinajstić information content (AvgIpc) is 2.99. The molecule has 3 aromatic rings. The summed E-state index contributed by atoms with van der Waals surface area (Å²) in [5.41, 5.74) is 2.89. The van der Waals surface area contributed by atoms with Crippen LogP contribution >= 0.6 is 0 Å². The van der Waals surface area contributed by atoms with E-state index in [1.807, 2.05) is 31.2 Å². The predicted octanol–water partition coefficient (Wildman–Crippen LogP) is 8.67. The first-order valence-corrected chi connectivity index (χ1v) is 14.9. The van der Waals surface area contributed by atoms with Crippen molar-refractivity contribution in [2.24, 2.45) is 0 Å². The first-order chi connectivity index (χ1) is 20.0. The molecular weight excluding hydrogens is 516 g/mol. The fraction of sp³-hybridized carbons (Fsp3) is 0.429. The highest BCUT2D eigenvalue weighted by atomic mass is 16.5. The lowest BCUT2D eigenvalue weighted by Crippen LogP contribution is -2.15. The Morgan fingerprint density at radius 2 is 1.17 bits per heavy atom. The summed E-state index contributed by atoms with van der Waals surface area (Å²) < 4.78 is 22.4. The third kappa shape index (κ3) is 11.4. The van der Waals surface area contributed by atoms with E-state index in [0.29, 0.717) is 35.8 Å². The van der Waals surface area contributed by atoms with Crippen molar-refractivity contribution in [1.82, 2.24) is 0 Å². The molecule has 0 saturated heterocycles. The quantitative estimate of drug-likeness (QED) is 0.0880. The van der Waals surface area contributed by atoms with Gasteiger partial charge in [-0.3, -0.25) is 0 Å². The monoisotopic (exact) mass is 560 g/mol. The van der Waals surface area contributed by atoms with Gasteiger partial charge in [0.2, 0.25) is 0 Å². The van der Waals surface area contributed by atoms with Crippen molar-refractivity contribution in [2.75, 3.05) is 19.8 Å². The number of unbranched alkanes of at least 4 members (excludes halogenated alkanes) is 4. The first kappa shape index (κ1) is 31.9. The predicted molar refractivity (Wildman–Crippen MR) is 163 cm³/mol. The smallest absolute Gasteiger partial charge is 0.343 e. The molecule has 0 saturated carbocycles. The van der Waals surface area contributed by atoms with Crippen LogP contribution in [0.25, 0.3) is 11.1 Å². The lowest BCUT2D eigenvalue weighted by atomic mass is 10.0. The van der Waals surface area contributed by atoms with E-state index in [1.165, 1.54) is 19.3 Å². The number of hydrogen-bond acceptors (Lipinski definition) is 6. The van der Waals surface area contributed by atoms with E-state index < -0.39 is 5.97 Å². The number of rotatable bonds is 18. The molecule has 0 bridgehead atoms. The van der Waals surface area contributed by atoms with Crippen LogP contribution in [0.2, 0.25) is 0 Å². The van der Waals surface area contributed by atoms with E-state index in [-0.39, 0.29) is 12.1 Å². The summed E-state index contributed by atoms with van der Waals surface area (Å²) in [6.07, 6.45) is 8.47. The lowest BCUT2D eigenvalue weighted by Gasteiger charge is -2.13. The van der Waals surface area contributed by atoms with Crippen molar-refractivity contribution in [1.29, 1.82) is 0 Å². The SMILES string of the molecule is CCCCCCC(C)OC(=O)c1ccc(-c2ccc(OC(=O)c3ccc(OCCCOCCCC)cc3)cc2)cc1. The standard InChI is InChI=1S/C35H44O6/c1-4-6-8-9-11-27(3)40-34(36)30-14-12-28(13-15-30)29-16-22-33(23-17-29)41-35(37)31-18-20-32(21-19-31)39-26-10-25-38-24-7-5-2/h12-23,27H,4-11,24-26H2,1-3H3. The molecule has 0 amide bonds. The summed E-state index contributed by atoms with van der Waals surface area (Å²) >= 11 is 0. The molecule has 0 N–H and O–H groups in total. The minimum atomic E-state index is -0.434. The van der Waals surface area contributed by atoms with Crippen LogP contribution in [0.15, 0.2) is 72.8 Å². The van der Waals surface area contributed by atoms with Crippen LogP contribution < -0.4 is 9.47 Å². The van der Waals surface area contributed by atoms with Gasteiger partial charge in [0.25, 0.3) is 0 Å². The summed E-state index contributed by atoms with van der Waals surface area (Å²) in [4.78, 5) is 25.1. The topological polar surface area (TPSA) is 71.1 Å². The van der Waals surface area contributed by atoms with Gasteiger partial charge in [-0.1, -0.05) is 63.8 Å². The number of ether oxygens (including phenoxy) is 4.